The topological polar surface area (TPSA) is 121 Å². The average Bonchev–Trinajstić information content (AvgIpc) is 2.74. The summed E-state index contributed by atoms with van der Waals surface area (Å²) in [6.45, 7) is 0.545. The van der Waals surface area contributed by atoms with Gasteiger partial charge in [0.2, 0.25) is 17.8 Å². The molecule has 3 aromatic rings. The Balaban J connectivity index is 1.76. The van der Waals surface area contributed by atoms with E-state index in [2.05, 4.69) is 30.8 Å². The van der Waals surface area contributed by atoms with Crippen LogP contribution in [-0.2, 0) is 6.54 Å². The minimum atomic E-state index is -0.499. The summed E-state index contributed by atoms with van der Waals surface area (Å²) < 4.78 is 0. The first-order chi connectivity index (χ1) is 14.4. The summed E-state index contributed by atoms with van der Waals surface area (Å²) in [7, 11) is 3.62. The van der Waals surface area contributed by atoms with Crippen LogP contribution in [0.1, 0.15) is 11.1 Å². The van der Waals surface area contributed by atoms with Gasteiger partial charge in [0, 0.05) is 43.4 Å². The first kappa shape index (κ1) is 20.9. The van der Waals surface area contributed by atoms with E-state index in [-0.39, 0.29) is 11.6 Å². The molecule has 3 rings (SSSR count). The van der Waals surface area contributed by atoms with Gasteiger partial charge in [-0.3, -0.25) is 10.1 Å². The fourth-order valence-corrected chi connectivity index (χ4v) is 2.54. The van der Waals surface area contributed by atoms with Gasteiger partial charge in [0.25, 0.3) is 5.69 Å². The van der Waals surface area contributed by atoms with Crippen molar-refractivity contribution in [2.45, 2.75) is 6.54 Å². The minimum Gasteiger partial charge on any atom is -0.350 e. The Hall–Kier alpha value is -3.79. The summed E-state index contributed by atoms with van der Waals surface area (Å²) >= 11 is 6.07. The quantitative estimate of drug-likeness (QED) is 0.318. The van der Waals surface area contributed by atoms with Gasteiger partial charge in [-0.1, -0.05) is 41.9 Å². The molecule has 0 radical (unpaired) electrons. The number of nitro groups is 1. The van der Waals surface area contributed by atoms with Crippen LogP contribution >= 0.6 is 11.6 Å². The fourth-order valence-electron chi connectivity index (χ4n) is 2.37. The van der Waals surface area contributed by atoms with Crippen LogP contribution in [0.4, 0.5) is 23.5 Å². The Morgan fingerprint density at radius 2 is 1.87 bits per heavy atom. The molecule has 0 saturated heterocycles. The zero-order chi connectivity index (χ0) is 21.5. The number of aromatic nitrogens is 3. The van der Waals surface area contributed by atoms with Crippen molar-refractivity contribution in [3.05, 3.63) is 74.8 Å². The molecular weight excluding hydrogens is 408 g/mol. The van der Waals surface area contributed by atoms with E-state index >= 15 is 0 Å². The highest BCUT2D eigenvalue weighted by Crippen LogP contribution is 2.20. The Labute approximate surface area is 177 Å². The smallest absolute Gasteiger partial charge is 0.270 e. The number of nitro benzene ring substituents is 1. The normalized spacial score (nSPS) is 10.8. The van der Waals surface area contributed by atoms with Crippen LogP contribution in [0.3, 0.4) is 0 Å². The molecule has 1 aromatic heterocycles. The number of rotatable bonds is 8. The molecule has 0 spiro atoms. The van der Waals surface area contributed by atoms with Gasteiger partial charge in [-0.2, -0.15) is 20.1 Å². The first-order valence-corrected chi connectivity index (χ1v) is 9.24. The van der Waals surface area contributed by atoms with Crippen molar-refractivity contribution in [3.63, 3.8) is 0 Å². The lowest BCUT2D eigenvalue weighted by molar-refractivity contribution is -0.384. The highest BCUT2D eigenvalue weighted by Gasteiger charge is 2.10. The molecule has 0 aliphatic carbocycles. The number of nitrogens with zero attached hydrogens (tertiary/aromatic N) is 6. The summed E-state index contributed by atoms with van der Waals surface area (Å²) in [6.07, 6.45) is 1.37. The number of hydrogen-bond donors (Lipinski definition) is 2. The summed E-state index contributed by atoms with van der Waals surface area (Å²) in [5.41, 5.74) is 4.11. The molecular formula is C19H19ClN8O2. The van der Waals surface area contributed by atoms with Crippen molar-refractivity contribution in [1.29, 1.82) is 0 Å². The first-order valence-electron chi connectivity index (χ1n) is 8.86. The number of benzene rings is 2. The van der Waals surface area contributed by atoms with Gasteiger partial charge in [0.1, 0.15) is 0 Å². The Morgan fingerprint density at radius 3 is 2.57 bits per heavy atom. The lowest BCUT2D eigenvalue weighted by Gasteiger charge is -2.13. The second-order valence-corrected chi connectivity index (χ2v) is 6.76. The standard InChI is InChI=1S/C19H19ClN8O2/c1-27(2)19-24-17(21-11-13-6-4-3-5-7-13)23-18(25-19)26-22-12-14-10-15(28(29)30)8-9-16(14)20/h3-10,12H,11H2,1-2H3,(H2,21,23,24,25,26)/b22-12+. The highest BCUT2D eigenvalue weighted by molar-refractivity contribution is 6.33. The van der Waals surface area contributed by atoms with E-state index in [1.165, 1.54) is 24.4 Å². The van der Waals surface area contributed by atoms with Gasteiger partial charge in [-0.15, -0.1) is 0 Å². The van der Waals surface area contributed by atoms with E-state index in [1.54, 1.807) is 4.90 Å². The zero-order valence-electron chi connectivity index (χ0n) is 16.3. The molecule has 0 amide bonds. The maximum atomic E-state index is 10.9. The van der Waals surface area contributed by atoms with Crippen LogP contribution in [0.25, 0.3) is 0 Å². The predicted molar refractivity (Wildman–Crippen MR) is 117 cm³/mol. The van der Waals surface area contributed by atoms with Crippen LogP contribution in [0.5, 0.6) is 0 Å². The zero-order valence-corrected chi connectivity index (χ0v) is 17.0. The van der Waals surface area contributed by atoms with Crippen LogP contribution < -0.4 is 15.6 Å². The van der Waals surface area contributed by atoms with E-state index in [0.717, 1.165) is 5.56 Å². The summed E-state index contributed by atoms with van der Waals surface area (Å²) in [5, 5.41) is 18.5. The minimum absolute atomic E-state index is 0.0803. The third-order valence-corrected chi connectivity index (χ3v) is 4.22. The molecule has 2 N–H and O–H groups in total. The fraction of sp³-hybridized carbons (Fsp3) is 0.158. The Morgan fingerprint density at radius 1 is 1.13 bits per heavy atom. The van der Waals surface area contributed by atoms with E-state index in [4.69, 9.17) is 11.6 Å². The van der Waals surface area contributed by atoms with Crippen molar-refractivity contribution >= 4 is 41.3 Å². The van der Waals surface area contributed by atoms with Gasteiger partial charge >= 0.3 is 0 Å². The largest absolute Gasteiger partial charge is 0.350 e. The number of halogens is 1. The Kier molecular flexibility index (Phi) is 6.71. The number of hydrazone groups is 1. The van der Waals surface area contributed by atoms with E-state index in [9.17, 15) is 10.1 Å². The molecule has 0 unspecified atom stereocenters. The maximum Gasteiger partial charge on any atom is 0.270 e. The molecule has 11 heteroatoms. The lowest BCUT2D eigenvalue weighted by Crippen LogP contribution is -2.16. The second kappa shape index (κ2) is 9.61. The monoisotopic (exact) mass is 426 g/mol. The van der Waals surface area contributed by atoms with Crippen LogP contribution in [0.15, 0.2) is 53.6 Å². The van der Waals surface area contributed by atoms with Crippen LogP contribution in [0.2, 0.25) is 5.02 Å². The lowest BCUT2D eigenvalue weighted by atomic mass is 10.2. The van der Waals surface area contributed by atoms with E-state index < -0.39 is 4.92 Å². The summed E-state index contributed by atoms with van der Waals surface area (Å²) in [6, 6.07) is 13.9. The van der Waals surface area contributed by atoms with Gasteiger partial charge in [-0.25, -0.2) is 5.43 Å². The van der Waals surface area contributed by atoms with Crippen molar-refractivity contribution in [2.75, 3.05) is 29.7 Å². The number of non-ortho nitro benzene ring substituents is 1. The van der Waals surface area contributed by atoms with E-state index in [0.29, 0.717) is 29.0 Å². The van der Waals surface area contributed by atoms with E-state index in [1.807, 2.05) is 44.4 Å². The van der Waals surface area contributed by atoms with Gasteiger partial charge in [-0.05, 0) is 11.6 Å². The molecule has 1 heterocycles. The Bertz CT molecular complexity index is 1060. The van der Waals surface area contributed by atoms with Crippen molar-refractivity contribution in [2.24, 2.45) is 5.10 Å². The number of anilines is 3. The van der Waals surface area contributed by atoms with Crippen LogP contribution in [-0.4, -0.2) is 40.2 Å². The van der Waals surface area contributed by atoms with Gasteiger partial charge in [0.05, 0.1) is 11.1 Å². The second-order valence-electron chi connectivity index (χ2n) is 6.35. The third-order valence-electron chi connectivity index (χ3n) is 3.88. The maximum absolute atomic E-state index is 10.9. The van der Waals surface area contributed by atoms with Crippen molar-refractivity contribution in [1.82, 2.24) is 15.0 Å². The molecule has 2 aromatic carbocycles. The molecule has 0 bridgehead atoms. The molecule has 0 fully saturated rings. The number of hydrogen-bond acceptors (Lipinski definition) is 9. The molecule has 154 valence electrons. The van der Waals surface area contributed by atoms with Crippen molar-refractivity contribution in [3.8, 4) is 0 Å². The SMILES string of the molecule is CN(C)c1nc(NCc2ccccc2)nc(N/N=C/c2cc([N+](=O)[O-])ccc2Cl)n1. The van der Waals surface area contributed by atoms with Gasteiger partial charge in [0.15, 0.2) is 0 Å². The highest BCUT2D eigenvalue weighted by atomic mass is 35.5. The third kappa shape index (κ3) is 5.61. The molecule has 10 nitrogen and oxygen atoms in total. The summed E-state index contributed by atoms with van der Waals surface area (Å²) in [4.78, 5) is 25.1. The average molecular weight is 427 g/mol. The predicted octanol–water partition coefficient (Wildman–Crippen LogP) is 3.56. The molecule has 0 saturated carbocycles. The number of nitrogens with one attached hydrogen (secondary N) is 2. The molecule has 0 aliphatic heterocycles. The summed E-state index contributed by atoms with van der Waals surface area (Å²) in [5.74, 6) is 1.03. The molecule has 0 atom stereocenters. The van der Waals surface area contributed by atoms with Crippen LogP contribution in [0, 0.1) is 10.1 Å². The molecule has 0 aliphatic rings. The van der Waals surface area contributed by atoms with Gasteiger partial charge < -0.3 is 10.2 Å². The molecule has 30 heavy (non-hydrogen) atoms. The van der Waals surface area contributed by atoms with Crippen molar-refractivity contribution < 1.29 is 4.92 Å².